The molecule has 1 saturated carbocycles. The normalized spacial score (nSPS) is 27.2. The van der Waals surface area contributed by atoms with Gasteiger partial charge in [0, 0.05) is 11.5 Å². The Kier molecular flexibility index (Phi) is 2.82. The van der Waals surface area contributed by atoms with E-state index in [9.17, 15) is 18.7 Å². The summed E-state index contributed by atoms with van der Waals surface area (Å²) in [6, 6.07) is 2.27. The lowest BCUT2D eigenvalue weighted by molar-refractivity contribution is -0.141. The fourth-order valence-electron chi connectivity index (χ4n) is 3.25. The van der Waals surface area contributed by atoms with Crippen LogP contribution in [0, 0.1) is 17.6 Å². The Morgan fingerprint density at radius 1 is 1.21 bits per heavy atom. The number of hydrogen-bond acceptors (Lipinski definition) is 2. The third-order valence-electron chi connectivity index (χ3n) is 4.29. The van der Waals surface area contributed by atoms with Crippen LogP contribution in [0.3, 0.4) is 0 Å². The monoisotopic (exact) mass is 267 g/mol. The summed E-state index contributed by atoms with van der Waals surface area (Å²) >= 11 is 0. The van der Waals surface area contributed by atoms with E-state index in [4.69, 9.17) is 0 Å². The van der Waals surface area contributed by atoms with E-state index in [2.05, 4.69) is 5.32 Å². The number of halogens is 2. The molecule has 3 nitrogen and oxygen atoms in total. The molecule has 0 aromatic heterocycles. The van der Waals surface area contributed by atoms with Crippen LogP contribution in [0.15, 0.2) is 12.1 Å². The summed E-state index contributed by atoms with van der Waals surface area (Å²) in [4.78, 5) is 12.1. The van der Waals surface area contributed by atoms with Gasteiger partial charge in [0.15, 0.2) is 17.2 Å². The van der Waals surface area contributed by atoms with Crippen molar-refractivity contribution in [3.63, 3.8) is 0 Å². The van der Waals surface area contributed by atoms with Gasteiger partial charge >= 0.3 is 0 Å². The lowest BCUT2D eigenvalue weighted by Gasteiger charge is -2.33. The van der Waals surface area contributed by atoms with E-state index in [0.717, 1.165) is 38.2 Å². The predicted octanol–water partition coefficient (Wildman–Crippen LogP) is 2.68. The number of benzene rings is 1. The van der Waals surface area contributed by atoms with E-state index >= 15 is 0 Å². The lowest BCUT2D eigenvalue weighted by atomic mass is 9.74. The predicted molar refractivity (Wildman–Crippen MR) is 65.5 cm³/mol. The van der Waals surface area contributed by atoms with E-state index in [1.54, 1.807) is 0 Å². The Hall–Kier alpha value is -1.49. The molecule has 1 fully saturated rings. The summed E-state index contributed by atoms with van der Waals surface area (Å²) in [6.07, 6.45) is 4.42. The van der Waals surface area contributed by atoms with Crippen molar-refractivity contribution in [2.24, 2.45) is 5.92 Å². The van der Waals surface area contributed by atoms with E-state index < -0.39 is 23.1 Å². The smallest absolute Gasteiger partial charge is 0.261 e. The first-order chi connectivity index (χ1) is 9.05. The summed E-state index contributed by atoms with van der Waals surface area (Å²) in [7, 11) is 0. The minimum absolute atomic E-state index is 0.170. The quantitative estimate of drug-likeness (QED) is 0.822. The summed E-state index contributed by atoms with van der Waals surface area (Å²) < 4.78 is 26.9. The molecule has 0 radical (unpaired) electrons. The molecule has 1 aromatic rings. The first-order valence-electron chi connectivity index (χ1n) is 6.57. The van der Waals surface area contributed by atoms with Crippen LogP contribution >= 0.6 is 0 Å². The third kappa shape index (κ3) is 1.68. The number of anilines is 1. The molecule has 0 bridgehead atoms. The first kappa shape index (κ1) is 12.5. The summed E-state index contributed by atoms with van der Waals surface area (Å²) in [5, 5.41) is 13.0. The topological polar surface area (TPSA) is 49.3 Å². The van der Waals surface area contributed by atoms with Crippen LogP contribution in [0.2, 0.25) is 0 Å². The number of nitrogens with one attached hydrogen (secondary N) is 1. The second-order valence-electron chi connectivity index (χ2n) is 5.34. The largest absolute Gasteiger partial charge is 0.375 e. The van der Waals surface area contributed by atoms with Crippen LogP contribution in [-0.2, 0) is 10.4 Å². The Bertz CT molecular complexity index is 540. The molecule has 2 N–H and O–H groups in total. The molecule has 2 aliphatic rings. The number of aliphatic hydroxyl groups is 1. The zero-order valence-corrected chi connectivity index (χ0v) is 10.4. The highest BCUT2D eigenvalue weighted by atomic mass is 19.2. The lowest BCUT2D eigenvalue weighted by Crippen LogP contribution is -2.42. The molecule has 1 atom stereocenters. The molecule has 1 amide bonds. The number of hydrogen-bond donors (Lipinski definition) is 2. The number of rotatable bonds is 1. The molecular formula is C14H15F2NO2. The molecule has 1 aromatic carbocycles. The van der Waals surface area contributed by atoms with Gasteiger partial charge in [-0.2, -0.15) is 0 Å². The molecule has 0 saturated heterocycles. The van der Waals surface area contributed by atoms with E-state index in [-0.39, 0.29) is 17.2 Å². The number of amides is 1. The minimum Gasteiger partial charge on any atom is -0.375 e. The molecule has 0 spiro atoms. The van der Waals surface area contributed by atoms with E-state index in [1.807, 2.05) is 0 Å². The van der Waals surface area contributed by atoms with Gasteiger partial charge < -0.3 is 10.4 Å². The van der Waals surface area contributed by atoms with E-state index in [1.165, 1.54) is 6.07 Å². The second kappa shape index (κ2) is 4.27. The molecule has 1 heterocycles. The van der Waals surface area contributed by atoms with Gasteiger partial charge in [0.1, 0.15) is 0 Å². The van der Waals surface area contributed by atoms with Gasteiger partial charge in [0.25, 0.3) is 5.91 Å². The Morgan fingerprint density at radius 3 is 2.58 bits per heavy atom. The van der Waals surface area contributed by atoms with Gasteiger partial charge in [-0.15, -0.1) is 0 Å². The van der Waals surface area contributed by atoms with Crippen molar-refractivity contribution < 1.29 is 18.7 Å². The Labute approximate surface area is 109 Å². The fraction of sp³-hybridized carbons (Fsp3) is 0.500. The maximum atomic E-state index is 13.7. The summed E-state index contributed by atoms with van der Waals surface area (Å²) in [5.41, 5.74) is -1.76. The molecule has 1 aliphatic carbocycles. The summed E-state index contributed by atoms with van der Waals surface area (Å²) in [5.74, 6) is -2.99. The zero-order chi connectivity index (χ0) is 13.6. The standard InChI is InChI=1S/C14H15F2NO2/c15-10-7-6-9-12(11(10)16)17-13(18)14(9,19)8-4-2-1-3-5-8/h6-8,19H,1-5H2,(H,17,18). The molecular weight excluding hydrogens is 252 g/mol. The maximum Gasteiger partial charge on any atom is 0.261 e. The van der Waals surface area contributed by atoms with Crippen LogP contribution in [0.25, 0.3) is 0 Å². The second-order valence-corrected chi connectivity index (χ2v) is 5.34. The van der Waals surface area contributed by atoms with Crippen molar-refractivity contribution in [3.8, 4) is 0 Å². The SMILES string of the molecule is O=C1Nc2c(ccc(F)c2F)C1(O)C1CCCCC1. The minimum atomic E-state index is -1.72. The van der Waals surface area contributed by atoms with Crippen molar-refractivity contribution in [3.05, 3.63) is 29.3 Å². The number of fused-ring (bicyclic) bond motifs is 1. The third-order valence-corrected chi connectivity index (χ3v) is 4.29. The van der Waals surface area contributed by atoms with Crippen molar-refractivity contribution in [1.82, 2.24) is 0 Å². The Balaban J connectivity index is 2.09. The molecule has 3 rings (SSSR count). The number of carbonyl (C=O) groups excluding carboxylic acids is 1. The molecule has 102 valence electrons. The van der Waals surface area contributed by atoms with Crippen molar-refractivity contribution >= 4 is 11.6 Å². The van der Waals surface area contributed by atoms with Gasteiger partial charge in [-0.1, -0.05) is 25.3 Å². The molecule has 1 aliphatic heterocycles. The number of carbonyl (C=O) groups is 1. The van der Waals surface area contributed by atoms with E-state index in [0.29, 0.717) is 0 Å². The van der Waals surface area contributed by atoms with Crippen LogP contribution < -0.4 is 5.32 Å². The fourth-order valence-corrected chi connectivity index (χ4v) is 3.25. The van der Waals surface area contributed by atoms with Gasteiger partial charge in [0.2, 0.25) is 0 Å². The Morgan fingerprint density at radius 2 is 1.89 bits per heavy atom. The zero-order valence-electron chi connectivity index (χ0n) is 10.4. The highest BCUT2D eigenvalue weighted by molar-refractivity contribution is 6.05. The molecule has 5 heteroatoms. The van der Waals surface area contributed by atoms with Crippen LogP contribution in [-0.4, -0.2) is 11.0 Å². The maximum absolute atomic E-state index is 13.7. The summed E-state index contributed by atoms with van der Waals surface area (Å²) in [6.45, 7) is 0. The van der Waals surface area contributed by atoms with Gasteiger partial charge in [-0.05, 0) is 18.9 Å². The highest BCUT2D eigenvalue weighted by Crippen LogP contribution is 2.47. The van der Waals surface area contributed by atoms with Gasteiger partial charge in [0.05, 0.1) is 5.69 Å². The van der Waals surface area contributed by atoms with Crippen molar-refractivity contribution in [2.45, 2.75) is 37.7 Å². The highest BCUT2D eigenvalue weighted by Gasteiger charge is 2.52. The molecule has 19 heavy (non-hydrogen) atoms. The van der Waals surface area contributed by atoms with Crippen LogP contribution in [0.4, 0.5) is 14.5 Å². The van der Waals surface area contributed by atoms with Crippen LogP contribution in [0.5, 0.6) is 0 Å². The van der Waals surface area contributed by atoms with Crippen LogP contribution in [0.1, 0.15) is 37.7 Å². The van der Waals surface area contributed by atoms with Gasteiger partial charge in [-0.25, -0.2) is 8.78 Å². The molecule has 1 unspecified atom stereocenters. The average Bonchev–Trinajstić information content (AvgIpc) is 2.69. The first-order valence-corrected chi connectivity index (χ1v) is 6.57. The average molecular weight is 267 g/mol. The van der Waals surface area contributed by atoms with Crippen molar-refractivity contribution in [1.29, 1.82) is 0 Å². The van der Waals surface area contributed by atoms with Crippen molar-refractivity contribution in [2.75, 3.05) is 5.32 Å². The van der Waals surface area contributed by atoms with Gasteiger partial charge in [-0.3, -0.25) is 4.79 Å².